The normalized spacial score (nSPS) is 19.2. The second kappa shape index (κ2) is 9.69. The van der Waals surface area contributed by atoms with E-state index in [0.29, 0.717) is 13.0 Å². The minimum absolute atomic E-state index is 0. The fraction of sp³-hybridized carbons (Fsp3) is 0.429. The van der Waals surface area contributed by atoms with Crippen LogP contribution < -0.4 is 10.5 Å². The maximum Gasteiger partial charge on any atom is 0.211 e. The van der Waals surface area contributed by atoms with Crippen molar-refractivity contribution in [1.82, 2.24) is 4.72 Å². The number of hydrogen-bond donors (Lipinski definition) is 2. The van der Waals surface area contributed by atoms with Gasteiger partial charge in [0, 0.05) is 18.5 Å². The molecule has 148 valence electrons. The Balaban J connectivity index is 0.00000261. The van der Waals surface area contributed by atoms with Crippen molar-refractivity contribution >= 4 is 22.4 Å². The highest BCUT2D eigenvalue weighted by molar-refractivity contribution is 7.89. The van der Waals surface area contributed by atoms with Gasteiger partial charge in [-0.15, -0.1) is 12.4 Å². The Labute approximate surface area is 169 Å². The first-order chi connectivity index (χ1) is 12.5. The van der Waals surface area contributed by atoms with Crippen molar-refractivity contribution in [2.75, 3.05) is 5.75 Å². The number of rotatable bonds is 7. The molecule has 1 aliphatic rings. The topological polar surface area (TPSA) is 72.2 Å². The summed E-state index contributed by atoms with van der Waals surface area (Å²) >= 11 is 0. The molecule has 0 saturated heterocycles. The molecule has 2 aromatic rings. The number of sulfonamides is 1. The van der Waals surface area contributed by atoms with Crippen LogP contribution in [0.1, 0.15) is 47.9 Å². The van der Waals surface area contributed by atoms with E-state index in [0.717, 1.165) is 24.8 Å². The minimum Gasteiger partial charge on any atom is -0.327 e. The number of nitrogens with one attached hydrogen (secondary N) is 1. The van der Waals surface area contributed by atoms with Gasteiger partial charge in [-0.3, -0.25) is 0 Å². The largest absolute Gasteiger partial charge is 0.327 e. The molecule has 2 unspecified atom stereocenters. The number of hydrogen-bond acceptors (Lipinski definition) is 3. The molecule has 2 atom stereocenters. The van der Waals surface area contributed by atoms with E-state index < -0.39 is 10.0 Å². The quantitative estimate of drug-likeness (QED) is 0.735. The van der Waals surface area contributed by atoms with Crippen LogP contribution in [0.15, 0.2) is 48.5 Å². The van der Waals surface area contributed by atoms with Crippen molar-refractivity contribution in [1.29, 1.82) is 0 Å². The molecule has 3 N–H and O–H groups in total. The van der Waals surface area contributed by atoms with Crippen LogP contribution >= 0.6 is 12.4 Å². The van der Waals surface area contributed by atoms with Gasteiger partial charge in [-0.05, 0) is 47.9 Å². The van der Waals surface area contributed by atoms with E-state index in [1.54, 1.807) is 0 Å². The summed E-state index contributed by atoms with van der Waals surface area (Å²) < 4.78 is 26.5. The Morgan fingerprint density at radius 1 is 1.11 bits per heavy atom. The van der Waals surface area contributed by atoms with Crippen LogP contribution in [0.2, 0.25) is 0 Å². The third-order valence-corrected chi connectivity index (χ3v) is 6.67. The fourth-order valence-electron chi connectivity index (χ4n) is 3.74. The van der Waals surface area contributed by atoms with Gasteiger partial charge in [0.15, 0.2) is 0 Å². The Morgan fingerprint density at radius 2 is 1.85 bits per heavy atom. The van der Waals surface area contributed by atoms with Crippen LogP contribution in [-0.2, 0) is 29.4 Å². The molecule has 3 rings (SSSR count). The second-order valence-electron chi connectivity index (χ2n) is 7.17. The summed E-state index contributed by atoms with van der Waals surface area (Å²) in [5.74, 6) is 0.438. The standard InChI is InChI=1S/C21H28N2O2S.ClH/c1-2-12-26(24,25)23-15-17-8-9-18-10-11-21(22)20(19(18)14-17)13-16-6-4-3-5-7-16;/h3-9,14,20-21,23H,2,10-13,15,22H2,1H3;1H. The molecule has 0 saturated carbocycles. The third-order valence-electron chi connectivity index (χ3n) is 5.14. The highest BCUT2D eigenvalue weighted by Crippen LogP contribution is 2.34. The molecule has 4 nitrogen and oxygen atoms in total. The lowest BCUT2D eigenvalue weighted by Crippen LogP contribution is -2.34. The number of benzene rings is 2. The van der Waals surface area contributed by atoms with E-state index in [-0.39, 0.29) is 30.1 Å². The van der Waals surface area contributed by atoms with Crippen molar-refractivity contribution in [3.05, 3.63) is 70.8 Å². The Hall–Kier alpha value is -1.40. The first-order valence-electron chi connectivity index (χ1n) is 9.37. The molecule has 0 fully saturated rings. The first-order valence-corrected chi connectivity index (χ1v) is 11.0. The molecule has 1 aliphatic carbocycles. The van der Waals surface area contributed by atoms with Crippen molar-refractivity contribution < 1.29 is 8.42 Å². The van der Waals surface area contributed by atoms with Crippen LogP contribution in [0.5, 0.6) is 0 Å². The molecule has 0 bridgehead atoms. The van der Waals surface area contributed by atoms with Crippen LogP contribution in [0.25, 0.3) is 0 Å². The smallest absolute Gasteiger partial charge is 0.211 e. The molecule has 0 heterocycles. The third kappa shape index (κ3) is 5.79. The molecule has 0 amide bonds. The first kappa shape index (κ1) is 21.9. The maximum absolute atomic E-state index is 11.9. The Bertz CT molecular complexity index is 841. The predicted octanol–water partition coefficient (Wildman–Crippen LogP) is 3.54. The fourth-order valence-corrected chi connectivity index (χ4v) is 4.81. The zero-order valence-electron chi connectivity index (χ0n) is 15.7. The molecular formula is C21H29ClN2O2S. The zero-order valence-corrected chi connectivity index (χ0v) is 17.4. The Morgan fingerprint density at radius 3 is 2.56 bits per heavy atom. The number of aryl methyl sites for hydroxylation is 1. The van der Waals surface area contributed by atoms with E-state index in [1.807, 2.05) is 19.1 Å². The highest BCUT2D eigenvalue weighted by atomic mass is 35.5. The van der Waals surface area contributed by atoms with Gasteiger partial charge in [-0.1, -0.05) is 55.5 Å². The van der Waals surface area contributed by atoms with E-state index in [4.69, 9.17) is 5.73 Å². The monoisotopic (exact) mass is 408 g/mol. The van der Waals surface area contributed by atoms with Crippen molar-refractivity contribution in [3.8, 4) is 0 Å². The summed E-state index contributed by atoms with van der Waals surface area (Å²) in [5.41, 5.74) is 11.4. The lowest BCUT2D eigenvalue weighted by Gasteiger charge is -2.32. The summed E-state index contributed by atoms with van der Waals surface area (Å²) in [7, 11) is -3.20. The highest BCUT2D eigenvalue weighted by Gasteiger charge is 2.27. The van der Waals surface area contributed by atoms with Gasteiger partial charge >= 0.3 is 0 Å². The van der Waals surface area contributed by atoms with Gasteiger partial charge in [-0.2, -0.15) is 0 Å². The minimum atomic E-state index is -3.20. The summed E-state index contributed by atoms with van der Waals surface area (Å²) in [5, 5.41) is 0. The van der Waals surface area contributed by atoms with E-state index >= 15 is 0 Å². The van der Waals surface area contributed by atoms with Gasteiger partial charge < -0.3 is 5.73 Å². The SMILES string of the molecule is CCCS(=O)(=O)NCc1ccc2c(c1)C(Cc1ccccc1)C(N)CC2.Cl. The zero-order chi connectivity index (χ0) is 18.6. The molecule has 0 radical (unpaired) electrons. The molecule has 0 spiro atoms. The van der Waals surface area contributed by atoms with Crippen molar-refractivity contribution in [2.45, 2.75) is 51.1 Å². The summed E-state index contributed by atoms with van der Waals surface area (Å²) in [6, 6.07) is 16.9. The average Bonchev–Trinajstić information content (AvgIpc) is 2.63. The van der Waals surface area contributed by atoms with Crippen molar-refractivity contribution in [3.63, 3.8) is 0 Å². The maximum atomic E-state index is 11.9. The lowest BCUT2D eigenvalue weighted by atomic mass is 9.76. The van der Waals surface area contributed by atoms with Crippen molar-refractivity contribution in [2.24, 2.45) is 5.73 Å². The van der Waals surface area contributed by atoms with Gasteiger partial charge in [0.1, 0.15) is 0 Å². The van der Waals surface area contributed by atoms with Crippen LogP contribution in [-0.4, -0.2) is 20.2 Å². The summed E-state index contributed by atoms with van der Waals surface area (Å²) in [6.45, 7) is 2.20. The van der Waals surface area contributed by atoms with Gasteiger partial charge in [0.25, 0.3) is 0 Å². The van der Waals surface area contributed by atoms with E-state index in [2.05, 4.69) is 41.1 Å². The molecule has 0 aliphatic heterocycles. The van der Waals surface area contributed by atoms with Crippen LogP contribution in [0.3, 0.4) is 0 Å². The van der Waals surface area contributed by atoms with E-state index in [1.165, 1.54) is 16.7 Å². The molecular weight excluding hydrogens is 380 g/mol. The second-order valence-corrected chi connectivity index (χ2v) is 9.10. The van der Waals surface area contributed by atoms with Gasteiger partial charge in [0.2, 0.25) is 10.0 Å². The predicted molar refractivity (Wildman–Crippen MR) is 114 cm³/mol. The van der Waals surface area contributed by atoms with Crippen LogP contribution in [0.4, 0.5) is 0 Å². The molecule has 2 aromatic carbocycles. The molecule has 6 heteroatoms. The van der Waals surface area contributed by atoms with Gasteiger partial charge in [-0.25, -0.2) is 13.1 Å². The molecule has 27 heavy (non-hydrogen) atoms. The van der Waals surface area contributed by atoms with Crippen LogP contribution in [0, 0.1) is 0 Å². The summed E-state index contributed by atoms with van der Waals surface area (Å²) in [4.78, 5) is 0. The number of nitrogens with two attached hydrogens (primary N) is 1. The molecule has 0 aromatic heterocycles. The lowest BCUT2D eigenvalue weighted by molar-refractivity contribution is 0.467. The Kier molecular flexibility index (Phi) is 7.86. The van der Waals surface area contributed by atoms with E-state index in [9.17, 15) is 8.42 Å². The summed E-state index contributed by atoms with van der Waals surface area (Å²) in [6.07, 6.45) is 3.52. The average molecular weight is 409 g/mol. The number of fused-ring (bicyclic) bond motifs is 1. The number of halogens is 1. The van der Waals surface area contributed by atoms with Gasteiger partial charge in [0.05, 0.1) is 5.75 Å².